The van der Waals surface area contributed by atoms with Crippen LogP contribution in [0.1, 0.15) is 29.2 Å². The molecule has 0 fully saturated rings. The van der Waals surface area contributed by atoms with E-state index in [1.807, 2.05) is 24.3 Å². The van der Waals surface area contributed by atoms with Crippen molar-refractivity contribution in [1.82, 2.24) is 0 Å². The summed E-state index contributed by atoms with van der Waals surface area (Å²) in [6, 6.07) is 11.8. The molecule has 0 saturated heterocycles. The van der Waals surface area contributed by atoms with Gasteiger partial charge in [0.1, 0.15) is 5.75 Å². The summed E-state index contributed by atoms with van der Waals surface area (Å²) >= 11 is 6.26. The number of phenols is 1. The van der Waals surface area contributed by atoms with E-state index in [9.17, 15) is 5.11 Å². The summed E-state index contributed by atoms with van der Waals surface area (Å²) in [4.78, 5) is 0. The molecule has 0 amide bonds. The van der Waals surface area contributed by atoms with E-state index in [2.05, 4.69) is 18.3 Å². The second-order valence-corrected chi connectivity index (χ2v) is 5.46. The fourth-order valence-electron chi connectivity index (χ4n) is 2.74. The first-order valence-electron chi connectivity index (χ1n) is 6.48. The van der Waals surface area contributed by atoms with E-state index in [1.165, 1.54) is 11.1 Å². The van der Waals surface area contributed by atoms with Crippen LogP contribution in [0.4, 0.5) is 5.69 Å². The summed E-state index contributed by atoms with van der Waals surface area (Å²) in [6.07, 6.45) is 2.02. The molecule has 0 radical (unpaired) electrons. The summed E-state index contributed by atoms with van der Waals surface area (Å²) in [6.45, 7) is 2.06. The zero-order valence-corrected chi connectivity index (χ0v) is 11.5. The van der Waals surface area contributed by atoms with Gasteiger partial charge in [-0.3, -0.25) is 0 Å². The number of halogens is 1. The standard InChI is InChI=1S/C16H16ClNO/c1-10-3-2-4-14(17)16(10)18-15-8-5-11-9-12(19)6-7-13(11)15/h2-4,6-7,9,15,18-19H,5,8H2,1H3. The number of aromatic hydroxyl groups is 1. The highest BCUT2D eigenvalue weighted by atomic mass is 35.5. The van der Waals surface area contributed by atoms with Crippen molar-refractivity contribution in [2.45, 2.75) is 25.8 Å². The van der Waals surface area contributed by atoms with Crippen LogP contribution in [0.15, 0.2) is 36.4 Å². The van der Waals surface area contributed by atoms with Gasteiger partial charge in [-0.05, 0) is 54.7 Å². The number of benzene rings is 2. The maximum Gasteiger partial charge on any atom is 0.115 e. The Morgan fingerprint density at radius 3 is 2.89 bits per heavy atom. The highest BCUT2D eigenvalue weighted by molar-refractivity contribution is 6.33. The summed E-state index contributed by atoms with van der Waals surface area (Å²) in [5.74, 6) is 0.341. The Balaban J connectivity index is 1.91. The fraction of sp³-hybridized carbons (Fsp3) is 0.250. The number of nitrogens with one attached hydrogen (secondary N) is 1. The van der Waals surface area contributed by atoms with Gasteiger partial charge in [0, 0.05) is 0 Å². The molecule has 98 valence electrons. The van der Waals surface area contributed by atoms with Crippen LogP contribution in [0.25, 0.3) is 0 Å². The summed E-state index contributed by atoms with van der Waals surface area (Å²) in [5.41, 5.74) is 4.65. The van der Waals surface area contributed by atoms with Gasteiger partial charge in [-0.1, -0.05) is 29.8 Å². The summed E-state index contributed by atoms with van der Waals surface area (Å²) < 4.78 is 0. The summed E-state index contributed by atoms with van der Waals surface area (Å²) in [7, 11) is 0. The lowest BCUT2D eigenvalue weighted by atomic mass is 10.1. The zero-order valence-electron chi connectivity index (χ0n) is 10.8. The van der Waals surface area contributed by atoms with Crippen molar-refractivity contribution >= 4 is 17.3 Å². The number of rotatable bonds is 2. The molecule has 2 aromatic carbocycles. The average Bonchev–Trinajstić information content (AvgIpc) is 2.76. The van der Waals surface area contributed by atoms with E-state index in [0.29, 0.717) is 5.75 Å². The second-order valence-electron chi connectivity index (χ2n) is 5.05. The molecule has 0 bridgehead atoms. The van der Waals surface area contributed by atoms with E-state index >= 15 is 0 Å². The highest BCUT2D eigenvalue weighted by Gasteiger charge is 2.23. The lowest BCUT2D eigenvalue weighted by Gasteiger charge is -2.18. The molecule has 2 aromatic rings. The van der Waals surface area contributed by atoms with E-state index in [4.69, 9.17) is 11.6 Å². The first-order valence-corrected chi connectivity index (χ1v) is 6.86. The van der Waals surface area contributed by atoms with Gasteiger partial charge in [-0.25, -0.2) is 0 Å². The highest BCUT2D eigenvalue weighted by Crippen LogP contribution is 2.37. The molecule has 0 saturated carbocycles. The maximum atomic E-state index is 9.52. The number of aryl methyl sites for hydroxylation is 2. The third-order valence-corrected chi connectivity index (χ3v) is 4.06. The van der Waals surface area contributed by atoms with Crippen LogP contribution in [0, 0.1) is 6.92 Å². The topological polar surface area (TPSA) is 32.3 Å². The van der Waals surface area contributed by atoms with Gasteiger partial charge in [-0.2, -0.15) is 0 Å². The molecule has 19 heavy (non-hydrogen) atoms. The average molecular weight is 274 g/mol. The fourth-order valence-corrected chi connectivity index (χ4v) is 3.02. The van der Waals surface area contributed by atoms with E-state index < -0.39 is 0 Å². The maximum absolute atomic E-state index is 9.52. The predicted octanol–water partition coefficient (Wildman–Crippen LogP) is 4.45. The van der Waals surface area contributed by atoms with Gasteiger partial charge in [0.25, 0.3) is 0 Å². The molecule has 2 nitrogen and oxygen atoms in total. The second kappa shape index (κ2) is 4.78. The normalized spacial score (nSPS) is 17.3. The molecule has 1 aliphatic carbocycles. The van der Waals surface area contributed by atoms with Crippen LogP contribution in [0.3, 0.4) is 0 Å². The van der Waals surface area contributed by atoms with Crippen molar-refractivity contribution < 1.29 is 5.11 Å². The minimum absolute atomic E-state index is 0.272. The van der Waals surface area contributed by atoms with Gasteiger partial charge in [0.15, 0.2) is 0 Å². The molecule has 1 unspecified atom stereocenters. The van der Waals surface area contributed by atoms with Crippen molar-refractivity contribution in [2.24, 2.45) is 0 Å². The number of phenolic OH excluding ortho intramolecular Hbond substituents is 1. The number of hydrogen-bond acceptors (Lipinski definition) is 2. The summed E-state index contributed by atoms with van der Waals surface area (Å²) in [5, 5.41) is 13.8. The lowest BCUT2D eigenvalue weighted by molar-refractivity contribution is 0.474. The lowest BCUT2D eigenvalue weighted by Crippen LogP contribution is -2.08. The third kappa shape index (κ3) is 2.28. The molecule has 1 atom stereocenters. The van der Waals surface area contributed by atoms with Crippen LogP contribution >= 0.6 is 11.6 Å². The van der Waals surface area contributed by atoms with E-state index in [-0.39, 0.29) is 6.04 Å². The van der Waals surface area contributed by atoms with Crippen molar-refractivity contribution in [3.63, 3.8) is 0 Å². The van der Waals surface area contributed by atoms with Crippen LogP contribution in [0.2, 0.25) is 5.02 Å². The Labute approximate surface area is 118 Å². The molecule has 1 aliphatic rings. The zero-order chi connectivity index (χ0) is 13.4. The molecule has 2 N–H and O–H groups in total. The SMILES string of the molecule is Cc1cccc(Cl)c1NC1CCc2cc(O)ccc21. The Bertz CT molecular complexity index is 604. The number of hydrogen-bond donors (Lipinski definition) is 2. The quantitative estimate of drug-likeness (QED) is 0.847. The molecule has 3 rings (SSSR count). The molecule has 3 heteroatoms. The van der Waals surface area contributed by atoms with Crippen molar-refractivity contribution in [2.75, 3.05) is 5.32 Å². The Hall–Kier alpha value is -1.67. The van der Waals surface area contributed by atoms with Gasteiger partial charge in [-0.15, -0.1) is 0 Å². The largest absolute Gasteiger partial charge is 0.508 e. The molecule has 0 spiro atoms. The van der Waals surface area contributed by atoms with Gasteiger partial charge >= 0.3 is 0 Å². The monoisotopic (exact) mass is 273 g/mol. The third-order valence-electron chi connectivity index (χ3n) is 3.74. The molecular formula is C16H16ClNO. The minimum Gasteiger partial charge on any atom is -0.508 e. The number of fused-ring (bicyclic) bond motifs is 1. The van der Waals surface area contributed by atoms with Gasteiger partial charge < -0.3 is 10.4 Å². The van der Waals surface area contributed by atoms with Gasteiger partial charge in [0.2, 0.25) is 0 Å². The Morgan fingerprint density at radius 2 is 2.11 bits per heavy atom. The van der Waals surface area contributed by atoms with Crippen LogP contribution in [-0.4, -0.2) is 5.11 Å². The van der Waals surface area contributed by atoms with Crippen molar-refractivity contribution in [1.29, 1.82) is 0 Å². The van der Waals surface area contributed by atoms with Crippen LogP contribution < -0.4 is 5.32 Å². The Morgan fingerprint density at radius 1 is 1.26 bits per heavy atom. The van der Waals surface area contributed by atoms with E-state index in [0.717, 1.165) is 29.1 Å². The minimum atomic E-state index is 0.272. The van der Waals surface area contributed by atoms with Crippen molar-refractivity contribution in [3.05, 3.63) is 58.1 Å². The van der Waals surface area contributed by atoms with Crippen LogP contribution in [0.5, 0.6) is 5.75 Å². The molecule has 0 aromatic heterocycles. The number of anilines is 1. The van der Waals surface area contributed by atoms with Crippen molar-refractivity contribution in [3.8, 4) is 5.75 Å². The number of para-hydroxylation sites is 1. The molecular weight excluding hydrogens is 258 g/mol. The first kappa shape index (κ1) is 12.4. The van der Waals surface area contributed by atoms with E-state index in [1.54, 1.807) is 6.07 Å². The smallest absolute Gasteiger partial charge is 0.115 e. The first-order chi connectivity index (χ1) is 9.15. The van der Waals surface area contributed by atoms with Gasteiger partial charge in [0.05, 0.1) is 16.8 Å². The predicted molar refractivity (Wildman–Crippen MR) is 79.0 cm³/mol. The molecule has 0 aliphatic heterocycles. The molecule has 0 heterocycles. The Kier molecular flexibility index (Phi) is 3.11. The van der Waals surface area contributed by atoms with Crippen LogP contribution in [-0.2, 0) is 6.42 Å².